The number of nitrogens with two attached hydrogens (primary N) is 1. The van der Waals surface area contributed by atoms with Crippen molar-refractivity contribution in [2.24, 2.45) is 5.73 Å². The van der Waals surface area contributed by atoms with Crippen molar-refractivity contribution in [2.45, 2.75) is 38.6 Å². The third-order valence-electron chi connectivity index (χ3n) is 3.51. The topological polar surface area (TPSA) is 32.5 Å². The molecule has 1 heterocycles. The second-order valence-electron chi connectivity index (χ2n) is 4.69. The zero-order valence-corrected chi connectivity index (χ0v) is 10.4. The Bertz CT molecular complexity index is 161. The number of piperazine rings is 1. The van der Waals surface area contributed by atoms with Crippen molar-refractivity contribution in [1.82, 2.24) is 9.80 Å². The molecule has 3 heteroatoms. The van der Waals surface area contributed by atoms with Crippen LogP contribution >= 0.6 is 0 Å². The lowest BCUT2D eigenvalue weighted by atomic mass is 10.1. The summed E-state index contributed by atoms with van der Waals surface area (Å²) in [5.41, 5.74) is 5.49. The lowest BCUT2D eigenvalue weighted by Gasteiger charge is -2.39. The Morgan fingerprint density at radius 3 is 2.67 bits per heavy atom. The van der Waals surface area contributed by atoms with Gasteiger partial charge in [0.25, 0.3) is 0 Å². The molecule has 2 N–H and O–H groups in total. The molecule has 0 aromatic carbocycles. The highest BCUT2D eigenvalue weighted by Crippen LogP contribution is 2.11. The van der Waals surface area contributed by atoms with Gasteiger partial charge in [-0.25, -0.2) is 0 Å². The van der Waals surface area contributed by atoms with Crippen LogP contribution in [0.1, 0.15) is 32.6 Å². The van der Waals surface area contributed by atoms with Crippen molar-refractivity contribution in [2.75, 3.05) is 39.8 Å². The zero-order chi connectivity index (χ0) is 11.1. The molecule has 1 unspecified atom stereocenters. The van der Waals surface area contributed by atoms with Crippen molar-refractivity contribution in [3.63, 3.8) is 0 Å². The van der Waals surface area contributed by atoms with Crippen LogP contribution in [-0.2, 0) is 0 Å². The van der Waals surface area contributed by atoms with E-state index < -0.39 is 0 Å². The zero-order valence-electron chi connectivity index (χ0n) is 10.4. The second kappa shape index (κ2) is 7.20. The highest BCUT2D eigenvalue weighted by molar-refractivity contribution is 4.78. The standard InChI is InChI=1S/C12H27N3/c1-3-12-11-15(10-9-14(12)2)8-6-4-5-7-13/h12H,3-11,13H2,1-2H3. The van der Waals surface area contributed by atoms with E-state index in [1.54, 1.807) is 0 Å². The average molecular weight is 213 g/mol. The molecular weight excluding hydrogens is 186 g/mol. The largest absolute Gasteiger partial charge is 0.330 e. The first kappa shape index (κ1) is 12.9. The van der Waals surface area contributed by atoms with Gasteiger partial charge in [0, 0.05) is 25.7 Å². The van der Waals surface area contributed by atoms with Crippen LogP contribution in [0.25, 0.3) is 0 Å². The third kappa shape index (κ3) is 4.49. The van der Waals surface area contributed by atoms with Gasteiger partial charge in [-0.3, -0.25) is 0 Å². The molecule has 1 aliphatic heterocycles. The highest BCUT2D eigenvalue weighted by Gasteiger charge is 2.21. The summed E-state index contributed by atoms with van der Waals surface area (Å²) in [4.78, 5) is 5.11. The number of likely N-dealkylation sites (N-methyl/N-ethyl adjacent to an activating group) is 1. The van der Waals surface area contributed by atoms with Crippen molar-refractivity contribution in [3.8, 4) is 0 Å². The number of hydrogen-bond donors (Lipinski definition) is 1. The SMILES string of the molecule is CCC1CN(CCCCCN)CCN1C. The molecule has 0 saturated carbocycles. The minimum absolute atomic E-state index is 0.772. The quantitative estimate of drug-likeness (QED) is 0.672. The van der Waals surface area contributed by atoms with Gasteiger partial charge < -0.3 is 15.5 Å². The molecule has 0 aromatic rings. The number of hydrogen-bond acceptors (Lipinski definition) is 3. The second-order valence-corrected chi connectivity index (χ2v) is 4.69. The van der Waals surface area contributed by atoms with Gasteiger partial charge in [0.15, 0.2) is 0 Å². The van der Waals surface area contributed by atoms with Crippen molar-refractivity contribution >= 4 is 0 Å². The van der Waals surface area contributed by atoms with E-state index in [0.717, 1.165) is 12.6 Å². The molecule has 1 rings (SSSR count). The maximum absolute atomic E-state index is 5.49. The lowest BCUT2D eigenvalue weighted by molar-refractivity contribution is 0.0920. The summed E-state index contributed by atoms with van der Waals surface area (Å²) in [5, 5.41) is 0. The van der Waals surface area contributed by atoms with Gasteiger partial charge in [-0.05, 0) is 39.4 Å². The summed E-state index contributed by atoms with van der Waals surface area (Å²) >= 11 is 0. The molecule has 1 atom stereocenters. The fraction of sp³-hybridized carbons (Fsp3) is 1.00. The molecule has 0 aromatic heterocycles. The van der Waals surface area contributed by atoms with Crippen molar-refractivity contribution in [3.05, 3.63) is 0 Å². The van der Waals surface area contributed by atoms with Crippen LogP contribution in [-0.4, -0.2) is 55.6 Å². The van der Waals surface area contributed by atoms with Gasteiger partial charge in [0.1, 0.15) is 0 Å². The monoisotopic (exact) mass is 213 g/mol. The molecule has 0 aliphatic carbocycles. The van der Waals surface area contributed by atoms with Gasteiger partial charge in [-0.2, -0.15) is 0 Å². The summed E-state index contributed by atoms with van der Waals surface area (Å²) in [6, 6.07) is 0.772. The molecule has 15 heavy (non-hydrogen) atoms. The summed E-state index contributed by atoms with van der Waals surface area (Å²) in [5.74, 6) is 0. The Hall–Kier alpha value is -0.120. The summed E-state index contributed by atoms with van der Waals surface area (Å²) < 4.78 is 0. The molecule has 90 valence electrons. The molecule has 0 amide bonds. The van der Waals surface area contributed by atoms with Crippen molar-refractivity contribution < 1.29 is 0 Å². The Labute approximate surface area is 94.6 Å². The van der Waals surface area contributed by atoms with Gasteiger partial charge in [0.2, 0.25) is 0 Å². The van der Waals surface area contributed by atoms with E-state index in [9.17, 15) is 0 Å². The number of unbranched alkanes of at least 4 members (excludes halogenated alkanes) is 2. The highest BCUT2D eigenvalue weighted by atomic mass is 15.3. The molecule has 0 spiro atoms. The van der Waals surface area contributed by atoms with Crippen LogP contribution in [0.2, 0.25) is 0 Å². The van der Waals surface area contributed by atoms with Crippen LogP contribution in [0.15, 0.2) is 0 Å². The van der Waals surface area contributed by atoms with Crippen LogP contribution in [0.5, 0.6) is 0 Å². The summed E-state index contributed by atoms with van der Waals surface area (Å²) in [6.07, 6.45) is 5.07. The van der Waals surface area contributed by atoms with Crippen LogP contribution in [0, 0.1) is 0 Å². The van der Waals surface area contributed by atoms with E-state index in [1.165, 1.54) is 51.9 Å². The fourth-order valence-corrected chi connectivity index (χ4v) is 2.31. The molecule has 0 bridgehead atoms. The van der Waals surface area contributed by atoms with Crippen LogP contribution < -0.4 is 5.73 Å². The van der Waals surface area contributed by atoms with E-state index >= 15 is 0 Å². The predicted octanol–water partition coefficient (Wildman–Crippen LogP) is 1.14. The predicted molar refractivity (Wildman–Crippen MR) is 66.1 cm³/mol. The van der Waals surface area contributed by atoms with E-state index in [2.05, 4.69) is 23.8 Å². The molecule has 1 saturated heterocycles. The Balaban J connectivity index is 2.14. The average Bonchev–Trinajstić information content (AvgIpc) is 2.26. The maximum atomic E-state index is 5.49. The Morgan fingerprint density at radius 1 is 1.20 bits per heavy atom. The van der Waals surface area contributed by atoms with Crippen LogP contribution in [0.3, 0.4) is 0 Å². The molecule has 0 radical (unpaired) electrons. The van der Waals surface area contributed by atoms with Gasteiger partial charge in [-0.1, -0.05) is 13.3 Å². The normalized spacial score (nSPS) is 24.6. The molecular formula is C12H27N3. The van der Waals surface area contributed by atoms with Gasteiger partial charge in [0.05, 0.1) is 0 Å². The van der Waals surface area contributed by atoms with E-state index in [-0.39, 0.29) is 0 Å². The summed E-state index contributed by atoms with van der Waals surface area (Å²) in [7, 11) is 2.25. The first-order valence-corrected chi connectivity index (χ1v) is 6.40. The van der Waals surface area contributed by atoms with Gasteiger partial charge in [-0.15, -0.1) is 0 Å². The Morgan fingerprint density at radius 2 is 2.00 bits per heavy atom. The number of rotatable bonds is 6. The van der Waals surface area contributed by atoms with E-state index in [1.807, 2.05) is 0 Å². The minimum atomic E-state index is 0.772. The van der Waals surface area contributed by atoms with Crippen molar-refractivity contribution in [1.29, 1.82) is 0 Å². The third-order valence-corrected chi connectivity index (χ3v) is 3.51. The fourth-order valence-electron chi connectivity index (χ4n) is 2.31. The first-order chi connectivity index (χ1) is 7.27. The van der Waals surface area contributed by atoms with Crippen LogP contribution in [0.4, 0.5) is 0 Å². The van der Waals surface area contributed by atoms with E-state index in [0.29, 0.717) is 0 Å². The first-order valence-electron chi connectivity index (χ1n) is 6.40. The Kier molecular flexibility index (Phi) is 6.22. The lowest BCUT2D eigenvalue weighted by Crippen LogP contribution is -2.51. The molecule has 1 fully saturated rings. The summed E-state index contributed by atoms with van der Waals surface area (Å²) in [6.45, 7) is 8.14. The van der Waals surface area contributed by atoms with Gasteiger partial charge >= 0.3 is 0 Å². The molecule has 3 nitrogen and oxygen atoms in total. The molecule has 1 aliphatic rings. The smallest absolute Gasteiger partial charge is 0.0218 e. The maximum Gasteiger partial charge on any atom is 0.0218 e. The number of nitrogens with zero attached hydrogens (tertiary/aromatic N) is 2. The minimum Gasteiger partial charge on any atom is -0.330 e. The van der Waals surface area contributed by atoms with E-state index in [4.69, 9.17) is 5.73 Å².